The summed E-state index contributed by atoms with van der Waals surface area (Å²) in [4.78, 5) is 20.8. The van der Waals surface area contributed by atoms with Crippen molar-refractivity contribution < 1.29 is 23.5 Å². The highest BCUT2D eigenvalue weighted by Crippen LogP contribution is 2.25. The summed E-state index contributed by atoms with van der Waals surface area (Å²) < 4.78 is 25.7. The summed E-state index contributed by atoms with van der Waals surface area (Å²) in [5, 5.41) is 8.89. The molecule has 0 fully saturated rings. The third kappa shape index (κ3) is 1.41. The maximum atomic E-state index is 12.9. The monoisotopic (exact) mass is 201 g/mol. The third-order valence-electron chi connectivity index (χ3n) is 1.60. The van der Waals surface area contributed by atoms with Crippen LogP contribution in [0.1, 0.15) is 20.7 Å². The van der Waals surface area contributed by atoms with Gasteiger partial charge in [-0.3, -0.25) is 9.59 Å². The molecule has 0 aliphatic heterocycles. The Balaban J connectivity index is 3.56. The molecule has 1 amide bonds. The van der Waals surface area contributed by atoms with Gasteiger partial charge in [-0.05, 0) is 6.07 Å². The highest BCUT2D eigenvalue weighted by atomic mass is 19.2. The number of primary amides is 1. The number of aromatic hydroxyl groups is 1. The molecule has 0 heterocycles. The lowest BCUT2D eigenvalue weighted by molar-refractivity contribution is 0.0995. The Hall–Kier alpha value is -1.98. The van der Waals surface area contributed by atoms with Gasteiger partial charge in [0, 0.05) is 0 Å². The molecule has 74 valence electrons. The molecule has 0 saturated heterocycles. The number of amides is 1. The summed E-state index contributed by atoms with van der Waals surface area (Å²) in [5.74, 6) is -5.59. The van der Waals surface area contributed by atoms with Crippen LogP contribution in [0.25, 0.3) is 0 Å². The predicted octanol–water partition coefficient (Wildman–Crippen LogP) is 0.582. The fourth-order valence-corrected chi connectivity index (χ4v) is 0.905. The van der Waals surface area contributed by atoms with E-state index in [2.05, 4.69) is 0 Å². The van der Waals surface area contributed by atoms with Gasteiger partial charge in [0.15, 0.2) is 17.9 Å². The van der Waals surface area contributed by atoms with Gasteiger partial charge < -0.3 is 10.8 Å². The molecule has 0 aliphatic carbocycles. The van der Waals surface area contributed by atoms with E-state index in [1.54, 1.807) is 0 Å². The molecule has 0 atom stereocenters. The Morgan fingerprint density at radius 2 is 2.00 bits per heavy atom. The van der Waals surface area contributed by atoms with Crippen molar-refractivity contribution in [1.82, 2.24) is 0 Å². The van der Waals surface area contributed by atoms with E-state index < -0.39 is 34.4 Å². The summed E-state index contributed by atoms with van der Waals surface area (Å²) in [6.07, 6.45) is 0.0876. The lowest BCUT2D eigenvalue weighted by Gasteiger charge is -2.03. The molecule has 1 aromatic carbocycles. The number of rotatable bonds is 2. The minimum absolute atomic E-state index is 0.0876. The number of carbonyl (C=O) groups excluding carboxylic acids is 2. The SMILES string of the molecule is NC(=O)c1cc(C=O)c(O)c(F)c1F. The minimum atomic E-state index is -1.66. The first kappa shape index (κ1) is 10.1. The van der Waals surface area contributed by atoms with E-state index in [0.717, 1.165) is 0 Å². The van der Waals surface area contributed by atoms with Gasteiger partial charge >= 0.3 is 0 Å². The van der Waals surface area contributed by atoms with Gasteiger partial charge in [-0.15, -0.1) is 0 Å². The van der Waals surface area contributed by atoms with Gasteiger partial charge in [-0.2, -0.15) is 4.39 Å². The molecular weight excluding hydrogens is 196 g/mol. The van der Waals surface area contributed by atoms with Crippen molar-refractivity contribution in [1.29, 1.82) is 0 Å². The van der Waals surface area contributed by atoms with E-state index in [9.17, 15) is 18.4 Å². The number of benzene rings is 1. The minimum Gasteiger partial charge on any atom is -0.504 e. The van der Waals surface area contributed by atoms with Crippen molar-refractivity contribution in [3.05, 3.63) is 28.8 Å². The number of aldehydes is 1. The average Bonchev–Trinajstić information content (AvgIpc) is 2.14. The zero-order valence-corrected chi connectivity index (χ0v) is 6.75. The molecule has 0 radical (unpaired) electrons. The number of phenolic OH excluding ortho intramolecular Hbond substituents is 1. The van der Waals surface area contributed by atoms with Crippen LogP contribution in [-0.4, -0.2) is 17.3 Å². The van der Waals surface area contributed by atoms with Crippen molar-refractivity contribution in [3.63, 3.8) is 0 Å². The van der Waals surface area contributed by atoms with E-state index in [4.69, 9.17) is 10.8 Å². The van der Waals surface area contributed by atoms with E-state index in [1.807, 2.05) is 0 Å². The highest BCUT2D eigenvalue weighted by Gasteiger charge is 2.20. The van der Waals surface area contributed by atoms with Gasteiger partial charge in [0.25, 0.3) is 5.91 Å². The van der Waals surface area contributed by atoms with E-state index in [-0.39, 0.29) is 6.29 Å². The van der Waals surface area contributed by atoms with Crippen molar-refractivity contribution >= 4 is 12.2 Å². The smallest absolute Gasteiger partial charge is 0.251 e. The second kappa shape index (κ2) is 3.41. The Bertz CT molecular complexity index is 418. The Morgan fingerprint density at radius 3 is 2.43 bits per heavy atom. The third-order valence-corrected chi connectivity index (χ3v) is 1.60. The zero-order chi connectivity index (χ0) is 10.9. The molecule has 1 aromatic rings. The quantitative estimate of drug-likeness (QED) is 0.687. The number of phenols is 1. The van der Waals surface area contributed by atoms with E-state index in [1.165, 1.54) is 0 Å². The molecule has 4 nitrogen and oxygen atoms in total. The van der Waals surface area contributed by atoms with Crippen LogP contribution in [0.4, 0.5) is 8.78 Å². The molecule has 14 heavy (non-hydrogen) atoms. The maximum absolute atomic E-state index is 12.9. The second-order valence-corrected chi connectivity index (χ2v) is 2.47. The van der Waals surface area contributed by atoms with E-state index >= 15 is 0 Å². The van der Waals surface area contributed by atoms with Crippen molar-refractivity contribution in [2.75, 3.05) is 0 Å². The van der Waals surface area contributed by atoms with Crippen LogP contribution < -0.4 is 5.73 Å². The Morgan fingerprint density at radius 1 is 1.43 bits per heavy atom. The standard InChI is InChI=1S/C8H5F2NO3/c9-5-4(8(11)14)1-3(2-12)7(13)6(5)10/h1-2,13H,(H2,11,14). The summed E-state index contributed by atoms with van der Waals surface area (Å²) in [7, 11) is 0. The van der Waals surface area contributed by atoms with Gasteiger partial charge in [0.1, 0.15) is 0 Å². The van der Waals surface area contributed by atoms with Crippen LogP contribution in [0.2, 0.25) is 0 Å². The number of halogens is 2. The normalized spacial score (nSPS) is 9.86. The summed E-state index contributed by atoms with van der Waals surface area (Å²) >= 11 is 0. The van der Waals surface area contributed by atoms with Crippen molar-refractivity contribution in [3.8, 4) is 5.75 Å². The molecule has 0 spiro atoms. The summed E-state index contributed by atoms with van der Waals surface area (Å²) in [5.41, 5.74) is 3.41. The van der Waals surface area contributed by atoms with Crippen LogP contribution in [0.15, 0.2) is 6.07 Å². The lowest BCUT2D eigenvalue weighted by Crippen LogP contribution is -2.15. The summed E-state index contributed by atoms with van der Waals surface area (Å²) in [6, 6.07) is 0.684. The largest absolute Gasteiger partial charge is 0.504 e. The van der Waals surface area contributed by atoms with Gasteiger partial charge in [-0.25, -0.2) is 4.39 Å². The number of carbonyl (C=O) groups is 2. The van der Waals surface area contributed by atoms with Gasteiger partial charge in [-0.1, -0.05) is 0 Å². The first-order valence-corrected chi connectivity index (χ1v) is 3.45. The molecule has 0 aromatic heterocycles. The first-order valence-electron chi connectivity index (χ1n) is 3.45. The van der Waals surface area contributed by atoms with Crippen LogP contribution in [0.5, 0.6) is 5.75 Å². The van der Waals surface area contributed by atoms with E-state index in [0.29, 0.717) is 6.07 Å². The number of hydrogen-bond donors (Lipinski definition) is 2. The molecule has 0 unspecified atom stereocenters. The lowest BCUT2D eigenvalue weighted by atomic mass is 10.1. The zero-order valence-electron chi connectivity index (χ0n) is 6.75. The van der Waals surface area contributed by atoms with Crippen molar-refractivity contribution in [2.45, 2.75) is 0 Å². The van der Waals surface area contributed by atoms with Crippen molar-refractivity contribution in [2.24, 2.45) is 5.73 Å². The van der Waals surface area contributed by atoms with Crippen LogP contribution in [0.3, 0.4) is 0 Å². The van der Waals surface area contributed by atoms with Crippen LogP contribution in [0, 0.1) is 11.6 Å². The van der Waals surface area contributed by atoms with Crippen LogP contribution in [-0.2, 0) is 0 Å². The highest BCUT2D eigenvalue weighted by molar-refractivity contribution is 5.95. The van der Waals surface area contributed by atoms with Gasteiger partial charge in [0.2, 0.25) is 5.82 Å². The number of nitrogens with two attached hydrogens (primary N) is 1. The Labute approximate surface area is 76.9 Å². The molecule has 0 saturated carbocycles. The molecule has 6 heteroatoms. The fraction of sp³-hybridized carbons (Fsp3) is 0. The van der Waals surface area contributed by atoms with Gasteiger partial charge in [0.05, 0.1) is 11.1 Å². The molecule has 1 rings (SSSR count). The topological polar surface area (TPSA) is 80.4 Å². The first-order chi connectivity index (χ1) is 6.49. The summed E-state index contributed by atoms with van der Waals surface area (Å²) in [6.45, 7) is 0. The predicted molar refractivity (Wildman–Crippen MR) is 41.9 cm³/mol. The maximum Gasteiger partial charge on any atom is 0.251 e. The average molecular weight is 201 g/mol. The second-order valence-electron chi connectivity index (χ2n) is 2.47. The van der Waals surface area contributed by atoms with Crippen LogP contribution >= 0.6 is 0 Å². The molecule has 0 aliphatic rings. The Kier molecular flexibility index (Phi) is 2.46. The number of hydrogen-bond acceptors (Lipinski definition) is 3. The molecule has 0 bridgehead atoms. The molecule has 3 N–H and O–H groups in total. The molecular formula is C8H5F2NO3. The fourth-order valence-electron chi connectivity index (χ4n) is 0.905.